The van der Waals surface area contributed by atoms with Crippen LogP contribution in [0.5, 0.6) is 0 Å². The Morgan fingerprint density at radius 2 is 2.16 bits per heavy atom. The Kier molecular flexibility index (Phi) is 8.75. The van der Waals surface area contributed by atoms with Crippen LogP contribution in [0, 0.1) is 0 Å². The smallest absolute Gasteiger partial charge is 0.304 e. The number of thiophene rings is 1. The van der Waals surface area contributed by atoms with E-state index in [0.29, 0.717) is 17.4 Å². The number of carboxylic acids is 1. The van der Waals surface area contributed by atoms with E-state index in [-0.39, 0.29) is 31.3 Å². The molecule has 0 radical (unpaired) electrons. The highest BCUT2D eigenvalue weighted by atomic mass is 35.5. The molecule has 0 saturated carbocycles. The molecule has 1 aromatic heterocycles. The highest BCUT2D eigenvalue weighted by Gasteiger charge is 2.08. The average Bonchev–Trinajstić information content (AvgIpc) is 2.70. The first-order valence-corrected chi connectivity index (χ1v) is 6.58. The summed E-state index contributed by atoms with van der Waals surface area (Å²) in [7, 11) is 1.71. The number of halogens is 2. The minimum Gasteiger partial charge on any atom is -0.481 e. The van der Waals surface area contributed by atoms with Gasteiger partial charge in [-0.05, 0) is 19.2 Å². The highest BCUT2D eigenvalue weighted by molar-refractivity contribution is 7.16. The van der Waals surface area contributed by atoms with Crippen LogP contribution in [0.1, 0.15) is 11.3 Å². The Labute approximate surface area is 127 Å². The SMILES string of the molecule is CN(CCC(=O)O)CC(=O)NCc1ccc(Cl)s1.Cl. The molecule has 0 unspecified atom stereocenters. The van der Waals surface area contributed by atoms with E-state index in [0.717, 1.165) is 4.88 Å². The van der Waals surface area contributed by atoms with Gasteiger partial charge in [-0.25, -0.2) is 0 Å². The number of nitrogens with one attached hydrogen (secondary N) is 1. The third kappa shape index (κ3) is 8.05. The largest absolute Gasteiger partial charge is 0.481 e. The molecule has 2 N–H and O–H groups in total. The monoisotopic (exact) mass is 326 g/mol. The molecule has 0 fully saturated rings. The second kappa shape index (κ2) is 9.14. The molecule has 0 aliphatic heterocycles. The van der Waals surface area contributed by atoms with Gasteiger partial charge in [0.15, 0.2) is 0 Å². The normalized spacial score (nSPS) is 10.1. The van der Waals surface area contributed by atoms with Crippen LogP contribution in [0.25, 0.3) is 0 Å². The first-order valence-electron chi connectivity index (χ1n) is 5.38. The second-order valence-corrected chi connectivity index (χ2v) is 5.66. The molecule has 0 saturated heterocycles. The number of rotatable bonds is 7. The zero-order valence-electron chi connectivity index (χ0n) is 10.4. The van der Waals surface area contributed by atoms with Crippen LogP contribution in [-0.4, -0.2) is 42.0 Å². The molecule has 1 amide bonds. The first kappa shape index (κ1) is 18.2. The Balaban J connectivity index is 0.00000324. The van der Waals surface area contributed by atoms with Crippen molar-refractivity contribution in [3.8, 4) is 0 Å². The molecule has 0 spiro atoms. The summed E-state index contributed by atoms with van der Waals surface area (Å²) in [6.07, 6.45) is 0.0321. The topological polar surface area (TPSA) is 69.6 Å². The zero-order chi connectivity index (χ0) is 13.5. The zero-order valence-corrected chi connectivity index (χ0v) is 12.8. The number of carbonyl (C=O) groups is 2. The fourth-order valence-electron chi connectivity index (χ4n) is 1.30. The van der Waals surface area contributed by atoms with Crippen molar-refractivity contribution in [2.24, 2.45) is 0 Å². The summed E-state index contributed by atoms with van der Waals surface area (Å²) < 4.78 is 0.692. The molecule has 8 heteroatoms. The van der Waals surface area contributed by atoms with Crippen LogP contribution >= 0.6 is 35.3 Å². The van der Waals surface area contributed by atoms with Crippen LogP contribution in [0.15, 0.2) is 12.1 Å². The first-order chi connectivity index (χ1) is 8.47. The minimum atomic E-state index is -0.865. The summed E-state index contributed by atoms with van der Waals surface area (Å²) in [6.45, 7) is 0.989. The van der Waals surface area contributed by atoms with Gasteiger partial charge in [0.25, 0.3) is 0 Å². The van der Waals surface area contributed by atoms with Gasteiger partial charge in [-0.2, -0.15) is 0 Å². The molecule has 0 aliphatic rings. The Morgan fingerprint density at radius 3 is 2.68 bits per heavy atom. The molecular formula is C11H16Cl2N2O3S. The number of hydrogen-bond acceptors (Lipinski definition) is 4. The van der Waals surface area contributed by atoms with Gasteiger partial charge in [-0.15, -0.1) is 23.7 Å². The number of nitrogens with zero attached hydrogens (tertiary/aromatic N) is 1. The van der Waals surface area contributed by atoms with Gasteiger partial charge in [-0.1, -0.05) is 11.6 Å². The molecule has 5 nitrogen and oxygen atoms in total. The lowest BCUT2D eigenvalue weighted by Gasteiger charge is -2.14. The fourth-order valence-corrected chi connectivity index (χ4v) is 2.33. The van der Waals surface area contributed by atoms with E-state index in [1.165, 1.54) is 11.3 Å². The predicted molar refractivity (Wildman–Crippen MR) is 78.2 cm³/mol. The third-order valence-corrected chi connectivity index (χ3v) is 3.44. The lowest BCUT2D eigenvalue weighted by atomic mass is 10.4. The van der Waals surface area contributed by atoms with Gasteiger partial charge >= 0.3 is 5.97 Å². The van der Waals surface area contributed by atoms with Crippen LogP contribution in [-0.2, 0) is 16.1 Å². The number of carboxylic acid groups (broad SMARTS) is 1. The molecule has 0 bridgehead atoms. The van der Waals surface area contributed by atoms with Crippen molar-refractivity contribution in [1.82, 2.24) is 10.2 Å². The van der Waals surface area contributed by atoms with E-state index in [2.05, 4.69) is 5.32 Å². The van der Waals surface area contributed by atoms with Crippen molar-refractivity contribution in [1.29, 1.82) is 0 Å². The number of hydrogen-bond donors (Lipinski definition) is 2. The summed E-state index contributed by atoms with van der Waals surface area (Å²) in [5, 5.41) is 11.3. The molecule has 1 heterocycles. The lowest BCUT2D eigenvalue weighted by molar-refractivity contribution is -0.137. The standard InChI is InChI=1S/C11H15ClN2O3S.ClH/c1-14(5-4-11(16)17)7-10(15)13-6-8-2-3-9(12)18-8;/h2-3H,4-7H2,1H3,(H,13,15)(H,16,17);1H. The summed E-state index contributed by atoms with van der Waals surface area (Å²) in [4.78, 5) is 24.6. The van der Waals surface area contributed by atoms with E-state index in [1.54, 1.807) is 18.0 Å². The quantitative estimate of drug-likeness (QED) is 0.802. The lowest BCUT2D eigenvalue weighted by Crippen LogP contribution is -2.35. The van der Waals surface area contributed by atoms with E-state index in [1.807, 2.05) is 6.07 Å². The maximum Gasteiger partial charge on any atom is 0.304 e. The average molecular weight is 327 g/mol. The van der Waals surface area contributed by atoms with E-state index in [9.17, 15) is 9.59 Å². The number of amides is 1. The Bertz CT molecular complexity index is 426. The Hall–Kier alpha value is -0.820. The van der Waals surface area contributed by atoms with Gasteiger partial charge in [0, 0.05) is 11.4 Å². The van der Waals surface area contributed by atoms with Crippen molar-refractivity contribution in [2.45, 2.75) is 13.0 Å². The molecule has 0 aliphatic carbocycles. The summed E-state index contributed by atoms with van der Waals surface area (Å²) >= 11 is 7.20. The van der Waals surface area contributed by atoms with Gasteiger partial charge in [0.2, 0.25) is 5.91 Å². The van der Waals surface area contributed by atoms with E-state index < -0.39 is 5.97 Å². The number of aliphatic carboxylic acids is 1. The molecule has 108 valence electrons. The summed E-state index contributed by atoms with van der Waals surface area (Å²) in [5.41, 5.74) is 0. The van der Waals surface area contributed by atoms with E-state index in [4.69, 9.17) is 16.7 Å². The minimum absolute atomic E-state index is 0. The van der Waals surface area contributed by atoms with Crippen molar-refractivity contribution in [3.05, 3.63) is 21.3 Å². The van der Waals surface area contributed by atoms with Crippen LogP contribution in [0.4, 0.5) is 0 Å². The van der Waals surface area contributed by atoms with Crippen molar-refractivity contribution in [2.75, 3.05) is 20.1 Å². The second-order valence-electron chi connectivity index (χ2n) is 3.86. The van der Waals surface area contributed by atoms with Crippen LogP contribution in [0.2, 0.25) is 4.34 Å². The van der Waals surface area contributed by atoms with Gasteiger partial charge in [0.05, 0.1) is 23.8 Å². The Morgan fingerprint density at radius 1 is 1.47 bits per heavy atom. The molecular weight excluding hydrogens is 311 g/mol. The number of likely N-dealkylation sites (N-methyl/N-ethyl adjacent to an activating group) is 1. The van der Waals surface area contributed by atoms with Gasteiger partial charge < -0.3 is 10.4 Å². The van der Waals surface area contributed by atoms with E-state index >= 15 is 0 Å². The van der Waals surface area contributed by atoms with Crippen molar-refractivity contribution in [3.63, 3.8) is 0 Å². The molecule has 1 aromatic rings. The van der Waals surface area contributed by atoms with Gasteiger partial charge in [0.1, 0.15) is 0 Å². The highest BCUT2D eigenvalue weighted by Crippen LogP contribution is 2.20. The summed E-state index contributed by atoms with van der Waals surface area (Å²) in [5.74, 6) is -0.997. The van der Waals surface area contributed by atoms with Crippen LogP contribution in [0.3, 0.4) is 0 Å². The molecule has 0 aromatic carbocycles. The summed E-state index contributed by atoms with van der Waals surface area (Å²) in [6, 6.07) is 3.65. The van der Waals surface area contributed by atoms with Crippen molar-refractivity contribution >= 4 is 47.2 Å². The van der Waals surface area contributed by atoms with Crippen LogP contribution < -0.4 is 5.32 Å². The predicted octanol–water partition coefficient (Wildman–Crippen LogP) is 1.85. The fraction of sp³-hybridized carbons (Fsp3) is 0.455. The van der Waals surface area contributed by atoms with Crippen molar-refractivity contribution < 1.29 is 14.7 Å². The molecule has 0 atom stereocenters. The van der Waals surface area contributed by atoms with Gasteiger partial charge in [-0.3, -0.25) is 14.5 Å². The third-order valence-electron chi connectivity index (χ3n) is 2.21. The molecule has 1 rings (SSSR count). The number of carbonyl (C=O) groups excluding carboxylic acids is 1. The maximum absolute atomic E-state index is 11.5. The maximum atomic E-state index is 11.5. The molecule has 19 heavy (non-hydrogen) atoms.